The van der Waals surface area contributed by atoms with Gasteiger partial charge in [-0.3, -0.25) is 0 Å². The van der Waals surface area contributed by atoms with Crippen LogP contribution in [0.5, 0.6) is 0 Å². The van der Waals surface area contributed by atoms with Gasteiger partial charge in [0, 0.05) is 5.69 Å². The van der Waals surface area contributed by atoms with Crippen molar-refractivity contribution in [2.24, 2.45) is 0 Å². The molecular formula is C9H13NO. The third-order valence-corrected chi connectivity index (χ3v) is 0.800. The summed E-state index contributed by atoms with van der Waals surface area (Å²) in [6.07, 6.45) is 0. The highest BCUT2D eigenvalue weighted by atomic mass is 16.1. The van der Waals surface area contributed by atoms with Crippen molar-refractivity contribution in [1.29, 1.82) is 0 Å². The maximum Gasteiger partial charge on any atom is 0.106 e. The maximum atomic E-state index is 8.00. The van der Waals surface area contributed by atoms with Crippen LogP contribution in [-0.4, -0.2) is 6.79 Å². The topological polar surface area (TPSA) is 43.1 Å². The zero-order valence-electron chi connectivity index (χ0n) is 6.49. The summed E-state index contributed by atoms with van der Waals surface area (Å²) in [6.45, 7) is 8.00. The molecule has 0 heterocycles. The first-order valence-electron chi connectivity index (χ1n) is 2.99. The van der Waals surface area contributed by atoms with E-state index in [9.17, 15) is 0 Å². The number of benzene rings is 1. The molecule has 60 valence electrons. The normalized spacial score (nSPS) is 6.18. The Balaban J connectivity index is 0. The highest BCUT2D eigenvalue weighted by Gasteiger charge is 1.72. The third-order valence-electron chi connectivity index (χ3n) is 0.800. The molecule has 2 nitrogen and oxygen atoms in total. The summed E-state index contributed by atoms with van der Waals surface area (Å²) in [4.78, 5) is 8.00. The van der Waals surface area contributed by atoms with E-state index in [0.717, 1.165) is 5.69 Å². The summed E-state index contributed by atoms with van der Waals surface area (Å²) >= 11 is 0. The number of hydrogen-bond acceptors (Lipinski definition) is 2. The van der Waals surface area contributed by atoms with Crippen LogP contribution in [0, 0.1) is 0 Å². The lowest BCUT2D eigenvalue weighted by atomic mass is 10.3. The average Bonchev–Trinajstić information content (AvgIpc) is 2.13. The van der Waals surface area contributed by atoms with Crippen molar-refractivity contribution in [2.75, 3.05) is 5.73 Å². The van der Waals surface area contributed by atoms with E-state index < -0.39 is 0 Å². The van der Waals surface area contributed by atoms with Crippen molar-refractivity contribution in [3.8, 4) is 0 Å². The monoisotopic (exact) mass is 151 g/mol. The molecule has 0 saturated carbocycles. The van der Waals surface area contributed by atoms with E-state index >= 15 is 0 Å². The second-order valence-corrected chi connectivity index (χ2v) is 1.41. The number of hydrogen-bond donors (Lipinski definition) is 1. The Labute approximate surface area is 67.3 Å². The van der Waals surface area contributed by atoms with E-state index in [1.807, 2.05) is 37.1 Å². The van der Waals surface area contributed by atoms with Gasteiger partial charge >= 0.3 is 0 Å². The van der Waals surface area contributed by atoms with Gasteiger partial charge in [-0.2, -0.15) is 0 Å². The average molecular weight is 151 g/mol. The standard InChI is InChI=1S/C6H7N.C2H4.CH2O/c7-6-4-2-1-3-5-6;2*1-2/h1-5H,7H2;1-2H2;1H2. The molecule has 0 unspecified atom stereocenters. The molecule has 0 saturated heterocycles. The summed E-state index contributed by atoms with van der Waals surface area (Å²) in [5.74, 6) is 0. The van der Waals surface area contributed by atoms with Crippen molar-refractivity contribution in [1.82, 2.24) is 0 Å². The molecule has 0 aromatic heterocycles. The summed E-state index contributed by atoms with van der Waals surface area (Å²) < 4.78 is 0. The van der Waals surface area contributed by atoms with Crippen LogP contribution in [0.1, 0.15) is 0 Å². The molecule has 0 aliphatic heterocycles. The van der Waals surface area contributed by atoms with E-state index in [-0.39, 0.29) is 0 Å². The van der Waals surface area contributed by atoms with Crippen molar-refractivity contribution >= 4 is 12.5 Å². The number of anilines is 1. The SMILES string of the molecule is C=C.C=O.Nc1ccccc1. The van der Waals surface area contributed by atoms with Gasteiger partial charge in [-0.05, 0) is 12.1 Å². The molecule has 1 aromatic rings. The summed E-state index contributed by atoms with van der Waals surface area (Å²) in [7, 11) is 0. The lowest BCUT2D eigenvalue weighted by Crippen LogP contribution is -1.79. The zero-order chi connectivity index (χ0) is 9.11. The molecule has 1 aromatic carbocycles. The van der Waals surface area contributed by atoms with Crippen molar-refractivity contribution in [3.05, 3.63) is 43.5 Å². The minimum Gasteiger partial charge on any atom is -0.399 e. The van der Waals surface area contributed by atoms with Crippen LogP contribution in [0.4, 0.5) is 5.69 Å². The first-order chi connectivity index (χ1) is 5.39. The summed E-state index contributed by atoms with van der Waals surface area (Å²) in [6, 6.07) is 9.49. The molecule has 0 bridgehead atoms. The predicted molar refractivity (Wildman–Crippen MR) is 49.2 cm³/mol. The van der Waals surface area contributed by atoms with E-state index in [0.29, 0.717) is 0 Å². The molecule has 0 aliphatic carbocycles. The van der Waals surface area contributed by atoms with Gasteiger partial charge in [-0.25, -0.2) is 0 Å². The van der Waals surface area contributed by atoms with Gasteiger partial charge in [0.1, 0.15) is 6.79 Å². The van der Waals surface area contributed by atoms with Gasteiger partial charge in [0.05, 0.1) is 0 Å². The molecule has 11 heavy (non-hydrogen) atoms. The Kier molecular flexibility index (Phi) is 12.4. The first-order valence-corrected chi connectivity index (χ1v) is 2.99. The van der Waals surface area contributed by atoms with E-state index in [4.69, 9.17) is 10.5 Å². The van der Waals surface area contributed by atoms with Crippen LogP contribution in [0.25, 0.3) is 0 Å². The van der Waals surface area contributed by atoms with Crippen molar-refractivity contribution in [3.63, 3.8) is 0 Å². The lowest BCUT2D eigenvalue weighted by Gasteiger charge is -1.83. The van der Waals surface area contributed by atoms with Gasteiger partial charge in [0.25, 0.3) is 0 Å². The maximum absolute atomic E-state index is 8.00. The van der Waals surface area contributed by atoms with Gasteiger partial charge in [-0.1, -0.05) is 18.2 Å². The predicted octanol–water partition coefficient (Wildman–Crippen LogP) is 1.89. The van der Waals surface area contributed by atoms with Gasteiger partial charge < -0.3 is 10.5 Å². The van der Waals surface area contributed by atoms with Crippen LogP contribution in [0.15, 0.2) is 43.5 Å². The van der Waals surface area contributed by atoms with Gasteiger partial charge in [-0.15, -0.1) is 13.2 Å². The van der Waals surface area contributed by atoms with E-state index in [1.165, 1.54) is 0 Å². The Bertz CT molecular complexity index is 160. The number of rotatable bonds is 0. The third kappa shape index (κ3) is 8.43. The number of para-hydroxylation sites is 1. The van der Waals surface area contributed by atoms with Crippen LogP contribution >= 0.6 is 0 Å². The minimum atomic E-state index is 0.822. The van der Waals surface area contributed by atoms with Crippen LogP contribution in [0.3, 0.4) is 0 Å². The number of nitrogens with two attached hydrogens (primary N) is 1. The molecule has 0 radical (unpaired) electrons. The van der Waals surface area contributed by atoms with Gasteiger partial charge in [0.15, 0.2) is 0 Å². The Morgan fingerprint density at radius 2 is 1.36 bits per heavy atom. The van der Waals surface area contributed by atoms with Crippen LogP contribution in [-0.2, 0) is 4.79 Å². The number of carbonyl (C=O) groups excluding carboxylic acids is 1. The fourth-order valence-electron chi connectivity index (χ4n) is 0.453. The summed E-state index contributed by atoms with van der Waals surface area (Å²) in [5, 5.41) is 0. The minimum absolute atomic E-state index is 0.822. The van der Waals surface area contributed by atoms with Crippen molar-refractivity contribution < 1.29 is 4.79 Å². The second-order valence-electron chi connectivity index (χ2n) is 1.41. The van der Waals surface area contributed by atoms with Crippen LogP contribution in [0.2, 0.25) is 0 Å². The zero-order valence-corrected chi connectivity index (χ0v) is 6.49. The largest absolute Gasteiger partial charge is 0.399 e. The molecule has 0 aliphatic rings. The summed E-state index contributed by atoms with van der Waals surface area (Å²) in [5.41, 5.74) is 6.18. The number of nitrogen functional groups attached to an aromatic ring is 1. The molecule has 0 atom stereocenters. The Morgan fingerprint density at radius 3 is 1.55 bits per heavy atom. The highest BCUT2D eigenvalue weighted by molar-refractivity contribution is 5.35. The molecule has 0 spiro atoms. The molecule has 0 fully saturated rings. The van der Waals surface area contributed by atoms with Crippen LogP contribution < -0.4 is 5.73 Å². The fraction of sp³-hybridized carbons (Fsp3) is 0. The lowest BCUT2D eigenvalue weighted by molar-refractivity contribution is -0.0979. The fourth-order valence-corrected chi connectivity index (χ4v) is 0.453. The van der Waals surface area contributed by atoms with E-state index in [1.54, 1.807) is 0 Å². The van der Waals surface area contributed by atoms with E-state index in [2.05, 4.69) is 13.2 Å². The first kappa shape index (κ1) is 12.1. The molecule has 2 heteroatoms. The molecular weight excluding hydrogens is 138 g/mol. The Hall–Kier alpha value is -1.57. The second kappa shape index (κ2) is 11.3. The smallest absolute Gasteiger partial charge is 0.106 e. The molecule has 2 N–H and O–H groups in total. The Morgan fingerprint density at radius 1 is 1.00 bits per heavy atom. The highest BCUT2D eigenvalue weighted by Crippen LogP contribution is 1.95. The molecule has 0 amide bonds. The molecule has 1 rings (SSSR count). The number of carbonyl (C=O) groups is 1. The quantitative estimate of drug-likeness (QED) is 0.454. The van der Waals surface area contributed by atoms with Crippen molar-refractivity contribution in [2.45, 2.75) is 0 Å². The van der Waals surface area contributed by atoms with Gasteiger partial charge in [0.2, 0.25) is 0 Å².